The molecule has 2 aromatic heterocycles. The second-order valence-electron chi connectivity index (χ2n) is 6.96. The van der Waals surface area contributed by atoms with E-state index < -0.39 is 18.0 Å². The molecule has 1 N–H and O–H groups in total. The summed E-state index contributed by atoms with van der Waals surface area (Å²) in [6.07, 6.45) is 2.59. The topological polar surface area (TPSA) is 147 Å². The molecular formula is C17H17N6NaO4S2. The molecule has 30 heavy (non-hydrogen) atoms. The molecule has 4 atom stereocenters. The summed E-state index contributed by atoms with van der Waals surface area (Å²) in [4.78, 5) is 34.2. The number of azide groups is 1. The Labute approximate surface area is 201 Å². The number of carbonyl (C=O) groups excluding carboxylic acids is 2. The number of aliphatic hydroxyl groups is 1. The third-order valence-electron chi connectivity index (χ3n) is 5.30. The summed E-state index contributed by atoms with van der Waals surface area (Å²) in [5.41, 5.74) is 8.80. The first-order valence-electron chi connectivity index (χ1n) is 8.94. The van der Waals surface area contributed by atoms with Gasteiger partial charge in [-0.15, -0.1) is 23.1 Å². The van der Waals surface area contributed by atoms with Crippen molar-refractivity contribution in [3.63, 3.8) is 0 Å². The fourth-order valence-corrected chi connectivity index (χ4v) is 6.24. The van der Waals surface area contributed by atoms with Crippen LogP contribution in [0.4, 0.5) is 0 Å². The van der Waals surface area contributed by atoms with Crippen molar-refractivity contribution in [2.45, 2.75) is 31.0 Å². The van der Waals surface area contributed by atoms with Gasteiger partial charge in [-0.3, -0.25) is 9.20 Å². The van der Waals surface area contributed by atoms with E-state index in [-0.39, 0.29) is 53.1 Å². The van der Waals surface area contributed by atoms with Crippen molar-refractivity contribution >= 4 is 45.4 Å². The van der Waals surface area contributed by atoms with Gasteiger partial charge in [0.1, 0.15) is 16.2 Å². The van der Waals surface area contributed by atoms with E-state index >= 15 is 0 Å². The van der Waals surface area contributed by atoms with Crippen molar-refractivity contribution < 1.29 is 49.4 Å². The van der Waals surface area contributed by atoms with Gasteiger partial charge in [-0.2, -0.15) is 0 Å². The standard InChI is InChI=1S/C17H18N6O4S2.Na/c1-7-10(13(17(26)27)23-12(7)11(8(2)24)15(23)25)9-5-22-6-19-14(16(22)29-9)28-4-3-20-21-18;/h5-8,11-12,24H,3-4H2,1-2H3,(H,26,27);/q;+1/p-1/t7-,8+,11+,12+;/m0./s1. The Morgan fingerprint density at radius 1 is 1.57 bits per heavy atom. The molecule has 10 nitrogen and oxygen atoms in total. The van der Waals surface area contributed by atoms with Crippen molar-refractivity contribution in [3.8, 4) is 0 Å². The van der Waals surface area contributed by atoms with Crippen molar-refractivity contribution in [3.05, 3.63) is 33.5 Å². The van der Waals surface area contributed by atoms with Crippen LogP contribution in [-0.4, -0.2) is 55.7 Å². The van der Waals surface area contributed by atoms with E-state index in [2.05, 4.69) is 15.0 Å². The number of carbonyl (C=O) groups is 2. The Kier molecular flexibility index (Phi) is 6.87. The van der Waals surface area contributed by atoms with Gasteiger partial charge in [-0.05, 0) is 12.5 Å². The minimum atomic E-state index is -1.40. The zero-order chi connectivity index (χ0) is 20.9. The molecule has 152 valence electrons. The van der Waals surface area contributed by atoms with Gasteiger partial charge in [-0.1, -0.05) is 12.0 Å². The molecule has 2 aliphatic heterocycles. The molecule has 1 saturated heterocycles. The number of hydrogen-bond acceptors (Lipinski definition) is 8. The van der Waals surface area contributed by atoms with Gasteiger partial charge in [0.25, 0.3) is 0 Å². The molecule has 0 bridgehead atoms. The van der Waals surface area contributed by atoms with E-state index in [1.54, 1.807) is 19.4 Å². The average Bonchev–Trinajstić information content (AvgIpc) is 3.29. The summed E-state index contributed by atoms with van der Waals surface area (Å²) in [6, 6.07) is -0.386. The minimum Gasteiger partial charge on any atom is -0.543 e. The largest absolute Gasteiger partial charge is 1.00 e. The Hall–Kier alpha value is -1.53. The zero-order valence-corrected chi connectivity index (χ0v) is 20.2. The maximum Gasteiger partial charge on any atom is 1.00 e. The van der Waals surface area contributed by atoms with E-state index in [0.717, 1.165) is 14.7 Å². The average molecular weight is 456 g/mol. The van der Waals surface area contributed by atoms with Crippen molar-refractivity contribution in [2.24, 2.45) is 17.0 Å². The van der Waals surface area contributed by atoms with Gasteiger partial charge in [0.15, 0.2) is 0 Å². The zero-order valence-electron chi connectivity index (χ0n) is 16.6. The number of imidazole rings is 1. The Morgan fingerprint density at radius 3 is 2.93 bits per heavy atom. The molecule has 0 spiro atoms. The number of fused-ring (bicyclic) bond motifs is 2. The van der Waals surface area contributed by atoms with Crippen LogP contribution in [0.5, 0.6) is 0 Å². The number of aromatic nitrogens is 2. The molecule has 0 aromatic carbocycles. The maximum absolute atomic E-state index is 12.5. The van der Waals surface area contributed by atoms with Gasteiger partial charge in [0.2, 0.25) is 5.91 Å². The number of nitrogens with zero attached hydrogens (tertiary/aromatic N) is 6. The van der Waals surface area contributed by atoms with E-state index in [1.807, 2.05) is 11.3 Å². The minimum absolute atomic E-state index is 0. The number of amides is 1. The number of thiazole rings is 1. The summed E-state index contributed by atoms with van der Waals surface area (Å²) in [5, 5.41) is 26.1. The molecule has 2 aromatic rings. The number of β-lactam (4-membered cyclic amide) rings is 1. The molecule has 0 radical (unpaired) electrons. The summed E-state index contributed by atoms with van der Waals surface area (Å²) in [6.45, 7) is 3.76. The first kappa shape index (κ1) is 23.1. The van der Waals surface area contributed by atoms with Gasteiger partial charge in [0, 0.05) is 34.9 Å². The Bertz CT molecular complexity index is 1090. The van der Waals surface area contributed by atoms with Crippen molar-refractivity contribution in [1.29, 1.82) is 0 Å². The third kappa shape index (κ3) is 3.56. The predicted molar refractivity (Wildman–Crippen MR) is 105 cm³/mol. The number of carboxylic acids is 1. The molecule has 1 fully saturated rings. The quantitative estimate of drug-likeness (QED) is 0.0981. The molecular weight excluding hydrogens is 439 g/mol. The van der Waals surface area contributed by atoms with Gasteiger partial charge in [-0.25, -0.2) is 4.98 Å². The number of aliphatic hydroxyl groups excluding tert-OH is 1. The van der Waals surface area contributed by atoms with E-state index in [1.165, 1.54) is 28.0 Å². The van der Waals surface area contributed by atoms with Crippen LogP contribution in [0.25, 0.3) is 20.8 Å². The fraction of sp³-hybridized carbons (Fsp3) is 0.471. The normalized spacial score (nSPS) is 23.6. The number of aliphatic carboxylic acids is 1. The van der Waals surface area contributed by atoms with Crippen LogP contribution < -0.4 is 34.7 Å². The first-order valence-corrected chi connectivity index (χ1v) is 10.7. The smallest absolute Gasteiger partial charge is 0.543 e. The predicted octanol–water partition coefficient (Wildman–Crippen LogP) is -1.88. The van der Waals surface area contributed by atoms with Gasteiger partial charge >= 0.3 is 29.6 Å². The molecule has 4 heterocycles. The summed E-state index contributed by atoms with van der Waals surface area (Å²) >= 11 is 2.84. The molecule has 0 unspecified atom stereocenters. The fourth-order valence-electron chi connectivity index (χ4n) is 4.11. The summed E-state index contributed by atoms with van der Waals surface area (Å²) < 4.78 is 1.81. The van der Waals surface area contributed by atoms with E-state index in [0.29, 0.717) is 17.9 Å². The van der Waals surface area contributed by atoms with Crippen LogP contribution in [0.2, 0.25) is 0 Å². The van der Waals surface area contributed by atoms with Crippen LogP contribution in [0, 0.1) is 11.8 Å². The van der Waals surface area contributed by atoms with Crippen LogP contribution in [0.3, 0.4) is 0 Å². The summed E-state index contributed by atoms with van der Waals surface area (Å²) in [5.74, 6) is -2.07. The monoisotopic (exact) mass is 456 g/mol. The van der Waals surface area contributed by atoms with Crippen LogP contribution in [-0.2, 0) is 9.59 Å². The molecule has 1 amide bonds. The van der Waals surface area contributed by atoms with Crippen molar-refractivity contribution in [1.82, 2.24) is 14.3 Å². The van der Waals surface area contributed by atoms with E-state index in [9.17, 15) is 19.8 Å². The van der Waals surface area contributed by atoms with Crippen LogP contribution in [0.15, 0.2) is 28.4 Å². The van der Waals surface area contributed by atoms with E-state index in [4.69, 9.17) is 5.53 Å². The molecule has 4 rings (SSSR count). The first-order chi connectivity index (χ1) is 13.9. The van der Waals surface area contributed by atoms with Gasteiger partial charge < -0.3 is 19.9 Å². The third-order valence-corrected chi connectivity index (χ3v) is 7.53. The SMILES string of the molecule is C[C@@H](O)[C@H]1C(=O)N2C(C(=O)[O-])=C(c3cn4cnc(SCCN=[N+]=[N-])c4s3)[C@H](C)[C@H]12.[Na+]. The Morgan fingerprint density at radius 2 is 2.30 bits per heavy atom. The summed E-state index contributed by atoms with van der Waals surface area (Å²) in [7, 11) is 0. The number of carboxylic acid groups (broad SMARTS) is 1. The number of rotatable bonds is 7. The molecule has 2 aliphatic rings. The van der Waals surface area contributed by atoms with Crippen LogP contribution >= 0.6 is 23.1 Å². The maximum atomic E-state index is 12.5. The number of hydrogen-bond donors (Lipinski definition) is 1. The molecule has 0 saturated carbocycles. The second-order valence-corrected chi connectivity index (χ2v) is 9.08. The van der Waals surface area contributed by atoms with Crippen LogP contribution in [0.1, 0.15) is 18.7 Å². The Balaban J connectivity index is 0.00000256. The molecule has 13 heteroatoms. The second kappa shape index (κ2) is 8.91. The molecule has 0 aliphatic carbocycles. The van der Waals surface area contributed by atoms with Gasteiger partial charge in [0.05, 0.1) is 34.6 Å². The number of thioether (sulfide) groups is 1. The van der Waals surface area contributed by atoms with Crippen molar-refractivity contribution in [2.75, 3.05) is 12.3 Å².